The molecule has 3 nitrogen and oxygen atoms in total. The molecule has 1 aromatic heterocycles. The number of hydrogen-bond acceptors (Lipinski definition) is 4. The number of hydrogen-bond donors (Lipinski definition) is 1. The van der Waals surface area contributed by atoms with Crippen molar-refractivity contribution in [2.45, 2.75) is 32.9 Å². The van der Waals surface area contributed by atoms with E-state index in [4.69, 9.17) is 0 Å². The second kappa shape index (κ2) is 3.87. The molecule has 0 amide bonds. The Bertz CT molecular complexity index is 310. The Balaban J connectivity index is 2.15. The molecule has 1 N–H and O–H groups in total. The van der Waals surface area contributed by atoms with Crippen LogP contribution in [0.5, 0.6) is 0 Å². The van der Waals surface area contributed by atoms with E-state index in [0.717, 1.165) is 18.8 Å². The summed E-state index contributed by atoms with van der Waals surface area (Å²) >= 11 is 1.75. The van der Waals surface area contributed by atoms with Crippen LogP contribution < -0.4 is 10.2 Å². The first-order valence-corrected chi connectivity index (χ1v) is 5.97. The number of nitrogens with one attached hydrogen (secondary N) is 1. The van der Waals surface area contributed by atoms with Crippen LogP contribution in [0.25, 0.3) is 0 Å². The molecule has 0 bridgehead atoms. The maximum atomic E-state index is 4.54. The van der Waals surface area contributed by atoms with Crippen LogP contribution in [0.3, 0.4) is 0 Å². The van der Waals surface area contributed by atoms with Gasteiger partial charge in [-0.2, -0.15) is 0 Å². The normalized spacial score (nSPS) is 28.1. The monoisotopic (exact) mass is 211 g/mol. The van der Waals surface area contributed by atoms with E-state index in [-0.39, 0.29) is 0 Å². The molecule has 0 saturated carbocycles. The molecular weight excluding hydrogens is 194 g/mol. The number of thiazole rings is 1. The predicted molar refractivity (Wildman–Crippen MR) is 61.1 cm³/mol. The topological polar surface area (TPSA) is 28.2 Å². The zero-order chi connectivity index (χ0) is 10.1. The number of piperazine rings is 1. The molecule has 4 heteroatoms. The van der Waals surface area contributed by atoms with E-state index in [1.54, 1.807) is 11.3 Å². The van der Waals surface area contributed by atoms with Gasteiger partial charge in [-0.05, 0) is 20.8 Å². The Morgan fingerprint density at radius 3 is 3.00 bits per heavy atom. The van der Waals surface area contributed by atoms with Crippen LogP contribution in [0.15, 0.2) is 5.38 Å². The van der Waals surface area contributed by atoms with Crippen molar-refractivity contribution in [3.63, 3.8) is 0 Å². The maximum absolute atomic E-state index is 4.54. The zero-order valence-electron chi connectivity index (χ0n) is 8.95. The van der Waals surface area contributed by atoms with E-state index in [1.165, 1.54) is 5.13 Å². The van der Waals surface area contributed by atoms with Crippen molar-refractivity contribution >= 4 is 16.5 Å². The summed E-state index contributed by atoms with van der Waals surface area (Å²) in [4.78, 5) is 6.94. The molecule has 1 saturated heterocycles. The molecule has 2 unspecified atom stereocenters. The molecule has 0 radical (unpaired) electrons. The van der Waals surface area contributed by atoms with Gasteiger partial charge in [0.25, 0.3) is 0 Å². The van der Waals surface area contributed by atoms with Gasteiger partial charge in [0.05, 0.1) is 5.69 Å². The number of aryl methyl sites for hydroxylation is 1. The Labute approximate surface area is 89.1 Å². The lowest BCUT2D eigenvalue weighted by molar-refractivity contribution is 0.424. The highest BCUT2D eigenvalue weighted by Gasteiger charge is 2.24. The molecule has 78 valence electrons. The third-order valence-electron chi connectivity index (χ3n) is 2.62. The fourth-order valence-corrected chi connectivity index (χ4v) is 2.68. The lowest BCUT2D eigenvalue weighted by atomic mass is 10.1. The summed E-state index contributed by atoms with van der Waals surface area (Å²) in [5.74, 6) is 0. The first-order valence-electron chi connectivity index (χ1n) is 5.09. The van der Waals surface area contributed by atoms with E-state index in [2.05, 4.69) is 41.4 Å². The molecule has 0 aliphatic carbocycles. The first-order chi connectivity index (χ1) is 6.66. The van der Waals surface area contributed by atoms with Crippen LogP contribution in [0.4, 0.5) is 5.13 Å². The molecule has 1 aliphatic rings. The number of rotatable bonds is 1. The van der Waals surface area contributed by atoms with Gasteiger partial charge in [0.2, 0.25) is 0 Å². The predicted octanol–water partition coefficient (Wildman–Crippen LogP) is 1.64. The van der Waals surface area contributed by atoms with Gasteiger partial charge in [0.15, 0.2) is 5.13 Å². The van der Waals surface area contributed by atoms with Crippen LogP contribution >= 0.6 is 11.3 Å². The van der Waals surface area contributed by atoms with Crippen LogP contribution in [-0.2, 0) is 0 Å². The molecule has 1 aromatic rings. The summed E-state index contributed by atoms with van der Waals surface area (Å²) in [6.07, 6.45) is 0. The summed E-state index contributed by atoms with van der Waals surface area (Å²) in [6, 6.07) is 1.12. The van der Waals surface area contributed by atoms with Crippen molar-refractivity contribution in [3.8, 4) is 0 Å². The minimum absolute atomic E-state index is 0.553. The summed E-state index contributed by atoms with van der Waals surface area (Å²) in [5.41, 5.74) is 1.13. The Morgan fingerprint density at radius 2 is 2.36 bits per heavy atom. The highest BCUT2D eigenvalue weighted by atomic mass is 32.1. The largest absolute Gasteiger partial charge is 0.343 e. The minimum atomic E-state index is 0.553. The molecule has 0 aromatic carbocycles. The third kappa shape index (κ3) is 1.91. The number of nitrogens with zero attached hydrogens (tertiary/aromatic N) is 2. The second-order valence-electron chi connectivity index (χ2n) is 4.08. The molecule has 14 heavy (non-hydrogen) atoms. The molecule has 1 aliphatic heterocycles. The van der Waals surface area contributed by atoms with Crippen LogP contribution in [-0.4, -0.2) is 30.2 Å². The van der Waals surface area contributed by atoms with Gasteiger partial charge in [0, 0.05) is 30.6 Å². The molecular formula is C10H17N3S. The fourth-order valence-electron chi connectivity index (χ4n) is 1.76. The quantitative estimate of drug-likeness (QED) is 0.765. The van der Waals surface area contributed by atoms with Gasteiger partial charge in [-0.15, -0.1) is 11.3 Å². The van der Waals surface area contributed by atoms with Gasteiger partial charge in [-0.25, -0.2) is 4.98 Å². The third-order valence-corrected chi connectivity index (χ3v) is 3.61. The lowest BCUT2D eigenvalue weighted by Gasteiger charge is -2.37. The molecule has 2 atom stereocenters. The number of aromatic nitrogens is 1. The van der Waals surface area contributed by atoms with Crippen LogP contribution in [0, 0.1) is 6.92 Å². The molecule has 0 spiro atoms. The van der Waals surface area contributed by atoms with Crippen LogP contribution in [0.1, 0.15) is 19.5 Å². The van der Waals surface area contributed by atoms with Gasteiger partial charge in [0.1, 0.15) is 0 Å². The first kappa shape index (κ1) is 9.93. The fraction of sp³-hybridized carbons (Fsp3) is 0.700. The highest BCUT2D eigenvalue weighted by Crippen LogP contribution is 2.23. The van der Waals surface area contributed by atoms with E-state index in [0.29, 0.717) is 12.1 Å². The van der Waals surface area contributed by atoms with Crippen molar-refractivity contribution < 1.29 is 0 Å². The van der Waals surface area contributed by atoms with Crippen molar-refractivity contribution in [1.82, 2.24) is 10.3 Å². The Kier molecular flexibility index (Phi) is 2.74. The minimum Gasteiger partial charge on any atom is -0.343 e. The van der Waals surface area contributed by atoms with Gasteiger partial charge in [-0.3, -0.25) is 0 Å². The maximum Gasteiger partial charge on any atom is 0.185 e. The number of anilines is 1. The highest BCUT2D eigenvalue weighted by molar-refractivity contribution is 7.13. The zero-order valence-corrected chi connectivity index (χ0v) is 9.77. The van der Waals surface area contributed by atoms with Crippen LogP contribution in [0.2, 0.25) is 0 Å². The van der Waals surface area contributed by atoms with Crippen molar-refractivity contribution in [1.29, 1.82) is 0 Å². The van der Waals surface area contributed by atoms with Crippen molar-refractivity contribution in [3.05, 3.63) is 11.1 Å². The van der Waals surface area contributed by atoms with E-state index in [1.807, 2.05) is 0 Å². The summed E-state index contributed by atoms with van der Waals surface area (Å²) in [7, 11) is 0. The van der Waals surface area contributed by atoms with Crippen molar-refractivity contribution in [2.75, 3.05) is 18.0 Å². The van der Waals surface area contributed by atoms with E-state index < -0.39 is 0 Å². The average Bonchev–Trinajstić information content (AvgIpc) is 2.56. The molecule has 2 heterocycles. The van der Waals surface area contributed by atoms with Gasteiger partial charge in [-0.1, -0.05) is 0 Å². The van der Waals surface area contributed by atoms with Gasteiger partial charge < -0.3 is 10.2 Å². The van der Waals surface area contributed by atoms with Gasteiger partial charge >= 0.3 is 0 Å². The Hall–Kier alpha value is -0.610. The summed E-state index contributed by atoms with van der Waals surface area (Å²) in [6.45, 7) is 8.64. The summed E-state index contributed by atoms with van der Waals surface area (Å²) < 4.78 is 0. The van der Waals surface area contributed by atoms with E-state index in [9.17, 15) is 0 Å². The standard InChI is InChI=1S/C10H17N3S/c1-7-5-13(9(3)4-11-7)10-12-8(2)6-14-10/h6-7,9,11H,4-5H2,1-3H3. The van der Waals surface area contributed by atoms with Crippen molar-refractivity contribution in [2.24, 2.45) is 0 Å². The Morgan fingerprint density at radius 1 is 1.57 bits per heavy atom. The smallest absolute Gasteiger partial charge is 0.185 e. The second-order valence-corrected chi connectivity index (χ2v) is 4.92. The molecule has 1 fully saturated rings. The lowest BCUT2D eigenvalue weighted by Crippen LogP contribution is -2.54. The average molecular weight is 211 g/mol. The molecule has 2 rings (SSSR count). The van der Waals surface area contributed by atoms with E-state index >= 15 is 0 Å². The SMILES string of the molecule is Cc1csc(N2CC(C)NCC2C)n1. The summed E-state index contributed by atoms with van der Waals surface area (Å²) in [5, 5.41) is 6.76.